The molecule has 0 atom stereocenters. The van der Waals surface area contributed by atoms with Crippen LogP contribution < -0.4 is 0 Å². The predicted molar refractivity (Wildman–Crippen MR) is 175 cm³/mol. The lowest BCUT2D eigenvalue weighted by atomic mass is 9.91. The highest BCUT2D eigenvalue weighted by Crippen LogP contribution is 2.40. The molecule has 40 heavy (non-hydrogen) atoms. The fourth-order valence-corrected chi connectivity index (χ4v) is 6.09. The monoisotopic (exact) mass is 540 g/mol. The van der Waals surface area contributed by atoms with Crippen molar-refractivity contribution in [1.82, 2.24) is 0 Å². The van der Waals surface area contributed by atoms with Crippen molar-refractivity contribution in [3.63, 3.8) is 0 Å². The molecule has 3 rings (SSSR count). The molecule has 0 fully saturated rings. The fraction of sp³-hybridized carbons (Fsp3) is 0.579. The van der Waals surface area contributed by atoms with E-state index < -0.39 is 0 Å². The van der Waals surface area contributed by atoms with Crippen molar-refractivity contribution in [2.45, 2.75) is 145 Å². The van der Waals surface area contributed by atoms with E-state index in [-0.39, 0.29) is 0 Å². The van der Waals surface area contributed by atoms with Gasteiger partial charge >= 0.3 is 0 Å². The molecule has 0 radical (unpaired) electrons. The van der Waals surface area contributed by atoms with Gasteiger partial charge in [-0.2, -0.15) is 0 Å². The molecule has 0 saturated heterocycles. The molecule has 1 aliphatic heterocycles. The van der Waals surface area contributed by atoms with Gasteiger partial charge in [-0.25, -0.2) is 4.70 Å². The molecule has 1 aliphatic rings. The number of aryl methyl sites for hydroxylation is 4. The Morgan fingerprint density at radius 2 is 0.875 bits per heavy atom. The maximum atomic E-state index is 11.9. The molecular formula is C38H56N2. The van der Waals surface area contributed by atoms with Gasteiger partial charge in [-0.3, -0.25) is 0 Å². The van der Waals surface area contributed by atoms with Crippen LogP contribution in [-0.2, 0) is 25.7 Å². The summed E-state index contributed by atoms with van der Waals surface area (Å²) in [5, 5.41) is 0. The van der Waals surface area contributed by atoms with E-state index >= 15 is 0 Å². The van der Waals surface area contributed by atoms with E-state index in [0.29, 0.717) is 0 Å². The number of rotatable bonds is 17. The Labute approximate surface area is 246 Å². The van der Waals surface area contributed by atoms with E-state index in [2.05, 4.69) is 78.8 Å². The van der Waals surface area contributed by atoms with Crippen LogP contribution in [0.25, 0.3) is 16.9 Å². The van der Waals surface area contributed by atoms with E-state index in [9.17, 15) is 5.53 Å². The van der Waals surface area contributed by atoms with Gasteiger partial charge in [-0.15, -0.1) is 0 Å². The molecule has 218 valence electrons. The van der Waals surface area contributed by atoms with E-state index in [1.165, 1.54) is 101 Å². The Morgan fingerprint density at radius 1 is 0.525 bits per heavy atom. The topological polar surface area (TPSA) is 25.3 Å². The molecule has 0 saturated carbocycles. The first-order valence-corrected chi connectivity index (χ1v) is 16.6. The van der Waals surface area contributed by atoms with Crippen molar-refractivity contribution in [2.24, 2.45) is 0 Å². The van der Waals surface area contributed by atoms with Crippen LogP contribution in [0.1, 0.15) is 150 Å². The van der Waals surface area contributed by atoms with E-state index in [4.69, 9.17) is 0 Å². The Kier molecular flexibility index (Phi) is 12.9. The summed E-state index contributed by atoms with van der Waals surface area (Å²) in [6.07, 6.45) is 19.6. The van der Waals surface area contributed by atoms with Gasteiger partial charge in [-0.1, -0.05) is 66.7 Å². The number of nitrogens with zero attached hydrogens (tertiary/aromatic N) is 2. The first kappa shape index (κ1) is 32.0. The molecule has 0 N–H and O–H groups in total. The van der Waals surface area contributed by atoms with E-state index in [1.807, 2.05) is 0 Å². The predicted octanol–water partition coefficient (Wildman–Crippen LogP) is 11.7. The highest BCUT2D eigenvalue weighted by atomic mass is 15.2. The van der Waals surface area contributed by atoms with Crippen molar-refractivity contribution in [3.8, 4) is 0 Å². The van der Waals surface area contributed by atoms with Crippen molar-refractivity contribution < 1.29 is 4.70 Å². The molecule has 0 amide bonds. The molecule has 0 unspecified atom stereocenters. The van der Waals surface area contributed by atoms with Crippen LogP contribution in [0.5, 0.6) is 0 Å². The van der Waals surface area contributed by atoms with Crippen LogP contribution in [0.2, 0.25) is 0 Å². The van der Waals surface area contributed by atoms with Crippen molar-refractivity contribution in [2.75, 3.05) is 0 Å². The summed E-state index contributed by atoms with van der Waals surface area (Å²) in [6, 6.07) is 9.50. The fourth-order valence-electron chi connectivity index (χ4n) is 6.09. The number of unbranched alkanes of at least 4 members (excludes halogenated alkanes) is 5. The Bertz CT molecular complexity index is 1150. The molecule has 0 aliphatic carbocycles. The molecule has 2 heteroatoms. The average Bonchev–Trinajstić information content (AvgIpc) is 3.29. The number of hydrogen-bond donors (Lipinski definition) is 0. The summed E-state index contributed by atoms with van der Waals surface area (Å²) < 4.78 is 1.54. The minimum Gasteiger partial charge on any atom is -0.493 e. The van der Waals surface area contributed by atoms with Gasteiger partial charge in [-0.05, 0) is 136 Å². The third-order valence-corrected chi connectivity index (χ3v) is 8.87. The molecule has 2 nitrogen and oxygen atoms in total. The molecule has 0 aromatic heterocycles. The summed E-state index contributed by atoms with van der Waals surface area (Å²) in [5.74, 6) is 0. The van der Waals surface area contributed by atoms with Gasteiger partial charge in [0.25, 0.3) is 0 Å². The molecule has 0 spiro atoms. The molecule has 0 bridgehead atoms. The lowest BCUT2D eigenvalue weighted by Gasteiger charge is -2.17. The molecule has 2 aromatic carbocycles. The van der Waals surface area contributed by atoms with Crippen LogP contribution in [0, 0.1) is 13.8 Å². The maximum Gasteiger partial charge on any atom is 0.210 e. The second-order valence-corrected chi connectivity index (χ2v) is 12.1. The lowest BCUT2D eigenvalue weighted by molar-refractivity contribution is -0.344. The second-order valence-electron chi connectivity index (χ2n) is 12.1. The van der Waals surface area contributed by atoms with Gasteiger partial charge in [0.15, 0.2) is 0 Å². The van der Waals surface area contributed by atoms with Crippen LogP contribution in [0.4, 0.5) is 0 Å². The van der Waals surface area contributed by atoms with Crippen molar-refractivity contribution >= 4 is 11.4 Å². The molecular weight excluding hydrogens is 484 g/mol. The Balaban J connectivity index is 2.12. The smallest absolute Gasteiger partial charge is 0.210 e. The van der Waals surface area contributed by atoms with Gasteiger partial charge in [0.2, 0.25) is 11.4 Å². The van der Waals surface area contributed by atoms with E-state index in [1.54, 1.807) is 4.70 Å². The van der Waals surface area contributed by atoms with Crippen LogP contribution in [0.3, 0.4) is 0 Å². The van der Waals surface area contributed by atoms with Crippen molar-refractivity contribution in [3.05, 3.63) is 86.0 Å². The standard InChI is InChI=1S/C38H56N2/c1-8-13-18-30-23-35(24-31(28(30)6)19-14-9-2)37-27-34(22-17-12-5)38(40(37)39)36-25-32(20-15-10-3)29(7)33(26-36)21-16-11-4/h23-27H,8-22H2,1-7H3. The van der Waals surface area contributed by atoms with Gasteiger partial charge in [0, 0.05) is 22.8 Å². The minimum atomic E-state index is 0.947. The van der Waals surface area contributed by atoms with Crippen molar-refractivity contribution in [1.29, 1.82) is 0 Å². The SMILES string of the molecule is CCCCC1=C(c2cc(CCCC)c(C)c(CCCC)c2)[N+](=[N-])C(c2cc(CCCC)c(C)c(CCCC)c2)=C1. The van der Waals surface area contributed by atoms with Gasteiger partial charge in [0.1, 0.15) is 0 Å². The summed E-state index contributed by atoms with van der Waals surface area (Å²) in [5.41, 5.74) is 26.2. The first-order valence-electron chi connectivity index (χ1n) is 16.6. The normalized spacial score (nSPS) is 13.5. The summed E-state index contributed by atoms with van der Waals surface area (Å²) in [4.78, 5) is 0. The van der Waals surface area contributed by atoms with Crippen LogP contribution in [0.15, 0.2) is 35.9 Å². The zero-order valence-corrected chi connectivity index (χ0v) is 26.9. The zero-order chi connectivity index (χ0) is 29.1. The minimum absolute atomic E-state index is 0.947. The molecule has 1 heterocycles. The Hall–Kier alpha value is -2.48. The molecule has 2 aromatic rings. The van der Waals surface area contributed by atoms with Crippen LogP contribution >= 0.6 is 0 Å². The number of allylic oxidation sites excluding steroid dienone is 2. The summed E-state index contributed by atoms with van der Waals surface area (Å²) in [6.45, 7) is 16.0. The second kappa shape index (κ2) is 16.1. The summed E-state index contributed by atoms with van der Waals surface area (Å²) in [7, 11) is 0. The Morgan fingerprint density at radius 3 is 1.25 bits per heavy atom. The third-order valence-electron chi connectivity index (χ3n) is 8.87. The first-order chi connectivity index (χ1) is 19.4. The number of benzene rings is 2. The van der Waals surface area contributed by atoms with Gasteiger partial charge in [0.05, 0.1) is 0 Å². The van der Waals surface area contributed by atoms with E-state index in [0.717, 1.165) is 56.3 Å². The average molecular weight is 541 g/mol. The van der Waals surface area contributed by atoms with Crippen LogP contribution in [-0.4, -0.2) is 4.70 Å². The quantitative estimate of drug-likeness (QED) is 0.178. The zero-order valence-electron chi connectivity index (χ0n) is 26.9. The maximum absolute atomic E-state index is 11.9. The lowest BCUT2D eigenvalue weighted by Crippen LogP contribution is -2.07. The third kappa shape index (κ3) is 7.83. The summed E-state index contributed by atoms with van der Waals surface area (Å²) >= 11 is 0. The highest BCUT2D eigenvalue weighted by molar-refractivity contribution is 5.79. The number of hydrogen-bond acceptors (Lipinski definition) is 0. The highest BCUT2D eigenvalue weighted by Gasteiger charge is 2.30. The van der Waals surface area contributed by atoms with Gasteiger partial charge < -0.3 is 5.53 Å². The largest absolute Gasteiger partial charge is 0.493 e.